The molecular formula is C15H16N4O. The molecule has 3 rings (SSSR count). The first-order chi connectivity index (χ1) is 9.74. The van der Waals surface area contributed by atoms with E-state index in [1.807, 2.05) is 6.07 Å². The number of aryl methyl sites for hydroxylation is 1. The topological polar surface area (TPSA) is 84.9 Å². The molecule has 1 atom stereocenters. The van der Waals surface area contributed by atoms with Gasteiger partial charge in [0.25, 0.3) is 0 Å². The van der Waals surface area contributed by atoms with E-state index in [0.717, 1.165) is 19.3 Å². The molecular weight excluding hydrogens is 252 g/mol. The van der Waals surface area contributed by atoms with Gasteiger partial charge in [0.15, 0.2) is 0 Å². The number of hydrogen-bond acceptors (Lipinski definition) is 4. The van der Waals surface area contributed by atoms with Crippen molar-refractivity contribution in [1.29, 1.82) is 5.41 Å². The zero-order chi connectivity index (χ0) is 13.9. The Morgan fingerprint density at radius 2 is 2.10 bits per heavy atom. The first-order valence-electron chi connectivity index (χ1n) is 6.65. The summed E-state index contributed by atoms with van der Waals surface area (Å²) in [5.41, 5.74) is 8.29. The number of rotatable bonds is 3. The molecule has 1 aliphatic carbocycles. The minimum absolute atomic E-state index is 0.0254. The van der Waals surface area contributed by atoms with E-state index in [0.29, 0.717) is 11.6 Å². The van der Waals surface area contributed by atoms with Gasteiger partial charge in [-0.2, -0.15) is 0 Å². The molecule has 20 heavy (non-hydrogen) atoms. The number of fused-ring (bicyclic) bond motifs is 1. The molecule has 1 aliphatic rings. The van der Waals surface area contributed by atoms with Gasteiger partial charge in [-0.3, -0.25) is 5.41 Å². The van der Waals surface area contributed by atoms with Crippen LogP contribution in [0.2, 0.25) is 0 Å². The normalized spacial score (nSPS) is 17.3. The van der Waals surface area contributed by atoms with Crippen LogP contribution in [-0.2, 0) is 6.42 Å². The number of nitrogens with two attached hydrogens (primary N) is 1. The fourth-order valence-corrected chi connectivity index (χ4v) is 2.49. The number of nitrogen functional groups attached to an aromatic ring is 1. The maximum atomic E-state index is 7.29. The smallest absolute Gasteiger partial charge is 0.232 e. The van der Waals surface area contributed by atoms with Crippen LogP contribution in [0.15, 0.2) is 36.7 Å². The Morgan fingerprint density at radius 1 is 1.25 bits per heavy atom. The first-order valence-corrected chi connectivity index (χ1v) is 6.65. The largest absolute Gasteiger partial charge is 0.468 e. The van der Waals surface area contributed by atoms with E-state index in [9.17, 15) is 0 Å². The molecule has 0 bridgehead atoms. The van der Waals surface area contributed by atoms with E-state index in [2.05, 4.69) is 28.2 Å². The zero-order valence-electron chi connectivity index (χ0n) is 11.0. The lowest BCUT2D eigenvalue weighted by Crippen LogP contribution is -2.17. The van der Waals surface area contributed by atoms with Crippen molar-refractivity contribution in [3.63, 3.8) is 0 Å². The van der Waals surface area contributed by atoms with Crippen LogP contribution in [0.5, 0.6) is 5.88 Å². The third kappa shape index (κ3) is 2.47. The van der Waals surface area contributed by atoms with Crippen LogP contribution < -0.4 is 10.5 Å². The fraction of sp³-hybridized carbons (Fsp3) is 0.267. The second-order valence-corrected chi connectivity index (χ2v) is 4.85. The van der Waals surface area contributed by atoms with Gasteiger partial charge in [0.2, 0.25) is 5.88 Å². The van der Waals surface area contributed by atoms with E-state index in [1.165, 1.54) is 23.5 Å². The van der Waals surface area contributed by atoms with Gasteiger partial charge in [-0.05, 0) is 30.4 Å². The number of aromatic nitrogens is 2. The molecule has 3 N–H and O–H groups in total. The predicted molar refractivity (Wildman–Crippen MR) is 75.8 cm³/mol. The molecule has 2 aromatic rings. The van der Waals surface area contributed by atoms with E-state index >= 15 is 0 Å². The minimum atomic E-state index is -0.0907. The number of nitrogens with zero attached hydrogens (tertiary/aromatic N) is 2. The van der Waals surface area contributed by atoms with E-state index in [-0.39, 0.29) is 11.9 Å². The van der Waals surface area contributed by atoms with Gasteiger partial charge >= 0.3 is 0 Å². The Morgan fingerprint density at radius 3 is 2.85 bits per heavy atom. The van der Waals surface area contributed by atoms with Crippen molar-refractivity contribution in [3.8, 4) is 5.88 Å². The predicted octanol–water partition coefficient (Wildman–Crippen LogP) is 2.22. The van der Waals surface area contributed by atoms with Gasteiger partial charge in [0.1, 0.15) is 17.6 Å². The Labute approximate surface area is 117 Å². The van der Waals surface area contributed by atoms with E-state index in [1.54, 1.807) is 0 Å². The average molecular weight is 268 g/mol. The summed E-state index contributed by atoms with van der Waals surface area (Å²) in [6, 6.07) is 8.35. The van der Waals surface area contributed by atoms with Crippen LogP contribution >= 0.6 is 0 Å². The molecule has 0 saturated carbocycles. The second kappa shape index (κ2) is 5.28. The molecule has 5 nitrogen and oxygen atoms in total. The van der Waals surface area contributed by atoms with Crippen molar-refractivity contribution >= 4 is 5.84 Å². The molecule has 1 aromatic carbocycles. The first kappa shape index (κ1) is 12.6. The molecule has 0 radical (unpaired) electrons. The van der Waals surface area contributed by atoms with Crippen LogP contribution in [0.1, 0.15) is 35.8 Å². The highest BCUT2D eigenvalue weighted by Gasteiger charge is 2.21. The number of hydrogen-bond donors (Lipinski definition) is 2. The summed E-state index contributed by atoms with van der Waals surface area (Å²) < 4.78 is 5.93. The minimum Gasteiger partial charge on any atom is -0.468 e. The maximum Gasteiger partial charge on any atom is 0.232 e. The lowest BCUT2D eigenvalue weighted by atomic mass is 9.89. The number of ether oxygens (including phenoxy) is 1. The lowest BCUT2D eigenvalue weighted by molar-refractivity contribution is 0.175. The summed E-state index contributed by atoms with van der Waals surface area (Å²) in [5.74, 6) is 0.378. The quantitative estimate of drug-likeness (QED) is 0.660. The monoisotopic (exact) mass is 268 g/mol. The fourth-order valence-electron chi connectivity index (χ4n) is 2.49. The maximum absolute atomic E-state index is 7.29. The van der Waals surface area contributed by atoms with Gasteiger partial charge in [0, 0.05) is 0 Å². The standard InChI is InChI=1S/C15H16N4O/c16-15(17)12-8-19-14(9-18-12)20-13-7-3-5-10-4-1-2-6-11(10)13/h1-2,4,6,8-9,13H,3,5,7H2,(H3,16,17). The lowest BCUT2D eigenvalue weighted by Gasteiger charge is -2.25. The Hall–Kier alpha value is -2.43. The third-order valence-electron chi connectivity index (χ3n) is 3.48. The molecule has 0 spiro atoms. The molecule has 0 saturated heterocycles. The van der Waals surface area contributed by atoms with Crippen LogP contribution in [0.25, 0.3) is 0 Å². The van der Waals surface area contributed by atoms with E-state index in [4.69, 9.17) is 15.9 Å². The highest BCUT2D eigenvalue weighted by atomic mass is 16.5. The molecule has 1 aromatic heterocycles. The molecule has 5 heteroatoms. The van der Waals surface area contributed by atoms with Crippen molar-refractivity contribution in [2.24, 2.45) is 5.73 Å². The van der Waals surface area contributed by atoms with Gasteiger partial charge in [0.05, 0.1) is 12.4 Å². The summed E-state index contributed by atoms with van der Waals surface area (Å²) in [6.45, 7) is 0. The molecule has 1 unspecified atom stereocenters. The van der Waals surface area contributed by atoms with Gasteiger partial charge in [-0.1, -0.05) is 24.3 Å². The zero-order valence-corrected chi connectivity index (χ0v) is 11.0. The number of nitrogens with one attached hydrogen (secondary N) is 1. The molecule has 102 valence electrons. The highest BCUT2D eigenvalue weighted by Crippen LogP contribution is 2.32. The van der Waals surface area contributed by atoms with Crippen LogP contribution in [0, 0.1) is 5.41 Å². The molecule has 1 heterocycles. The SMILES string of the molecule is N=C(N)c1cnc(OC2CCCc3ccccc32)cn1. The van der Waals surface area contributed by atoms with Crippen LogP contribution in [0.3, 0.4) is 0 Å². The van der Waals surface area contributed by atoms with Crippen LogP contribution in [-0.4, -0.2) is 15.8 Å². The van der Waals surface area contributed by atoms with Gasteiger partial charge in [-0.25, -0.2) is 9.97 Å². The summed E-state index contributed by atoms with van der Waals surface area (Å²) in [6.07, 6.45) is 6.21. The summed E-state index contributed by atoms with van der Waals surface area (Å²) in [4.78, 5) is 8.22. The van der Waals surface area contributed by atoms with Crippen molar-refractivity contribution in [2.75, 3.05) is 0 Å². The molecule has 0 fully saturated rings. The Kier molecular flexibility index (Phi) is 3.33. The van der Waals surface area contributed by atoms with Gasteiger partial charge in [-0.15, -0.1) is 0 Å². The summed E-state index contributed by atoms with van der Waals surface area (Å²) in [5, 5.41) is 7.29. The number of amidine groups is 1. The Balaban J connectivity index is 1.80. The van der Waals surface area contributed by atoms with Gasteiger partial charge < -0.3 is 10.5 Å². The second-order valence-electron chi connectivity index (χ2n) is 4.85. The molecule has 0 amide bonds. The molecule has 0 aliphatic heterocycles. The van der Waals surface area contributed by atoms with Crippen LogP contribution in [0.4, 0.5) is 0 Å². The highest BCUT2D eigenvalue weighted by molar-refractivity contribution is 5.92. The summed E-state index contributed by atoms with van der Waals surface area (Å²) in [7, 11) is 0. The van der Waals surface area contributed by atoms with Crippen molar-refractivity contribution in [2.45, 2.75) is 25.4 Å². The average Bonchev–Trinajstić information content (AvgIpc) is 2.48. The Bertz CT molecular complexity index is 624. The summed E-state index contributed by atoms with van der Waals surface area (Å²) >= 11 is 0. The third-order valence-corrected chi connectivity index (χ3v) is 3.48. The van der Waals surface area contributed by atoms with Crippen molar-refractivity contribution in [1.82, 2.24) is 9.97 Å². The number of benzene rings is 1. The van der Waals surface area contributed by atoms with E-state index < -0.39 is 0 Å². The van der Waals surface area contributed by atoms with Crippen molar-refractivity contribution < 1.29 is 4.74 Å². The van der Waals surface area contributed by atoms with Crippen molar-refractivity contribution in [3.05, 3.63) is 53.5 Å².